The zero-order valence-electron chi connectivity index (χ0n) is 17.0. The van der Waals surface area contributed by atoms with Crippen molar-refractivity contribution in [3.05, 3.63) is 53.6 Å². The van der Waals surface area contributed by atoms with Crippen molar-refractivity contribution >= 4 is 27.3 Å². The fourth-order valence-corrected chi connectivity index (χ4v) is 3.32. The minimum absolute atomic E-state index is 0.205. The summed E-state index contributed by atoms with van der Waals surface area (Å²) in [7, 11) is -1.84. The van der Waals surface area contributed by atoms with Gasteiger partial charge < -0.3 is 10.1 Å². The largest absolute Gasteiger partial charge is 0.481 e. The number of carbonyl (C=O) groups is 1. The smallest absolute Gasteiger partial charge is 0.265 e. The van der Waals surface area contributed by atoms with Gasteiger partial charge in [0.1, 0.15) is 5.75 Å². The van der Waals surface area contributed by atoms with Crippen LogP contribution in [0.25, 0.3) is 0 Å². The summed E-state index contributed by atoms with van der Waals surface area (Å²) >= 11 is 0. The van der Waals surface area contributed by atoms with E-state index in [0.717, 1.165) is 29.5 Å². The van der Waals surface area contributed by atoms with E-state index in [1.54, 1.807) is 24.3 Å². The van der Waals surface area contributed by atoms with Gasteiger partial charge >= 0.3 is 0 Å². The SMILES string of the molecule is CCc1cccc(C)c1NC(=O)[C@@H](CC)Oc1ccc(N(C)S(C)(=O)=O)cc1. The lowest BCUT2D eigenvalue weighted by atomic mass is 10.1. The molecule has 1 N–H and O–H groups in total. The Morgan fingerprint density at radius 2 is 1.79 bits per heavy atom. The normalized spacial score (nSPS) is 12.3. The summed E-state index contributed by atoms with van der Waals surface area (Å²) < 4.78 is 30.3. The highest BCUT2D eigenvalue weighted by Gasteiger charge is 2.20. The van der Waals surface area contributed by atoms with Crippen LogP contribution in [-0.2, 0) is 21.2 Å². The lowest BCUT2D eigenvalue weighted by Gasteiger charge is -2.20. The van der Waals surface area contributed by atoms with E-state index >= 15 is 0 Å². The summed E-state index contributed by atoms with van der Waals surface area (Å²) in [5.41, 5.74) is 3.45. The Hall–Kier alpha value is -2.54. The van der Waals surface area contributed by atoms with E-state index in [9.17, 15) is 13.2 Å². The van der Waals surface area contributed by atoms with Crippen LogP contribution in [0.2, 0.25) is 0 Å². The van der Waals surface area contributed by atoms with Crippen molar-refractivity contribution in [1.82, 2.24) is 0 Å². The van der Waals surface area contributed by atoms with Crippen LogP contribution in [0.3, 0.4) is 0 Å². The van der Waals surface area contributed by atoms with Crippen LogP contribution in [-0.4, -0.2) is 33.7 Å². The number of para-hydroxylation sites is 1. The molecule has 7 heteroatoms. The molecule has 0 radical (unpaired) electrons. The van der Waals surface area contributed by atoms with Gasteiger partial charge in [0.25, 0.3) is 5.91 Å². The van der Waals surface area contributed by atoms with Crippen LogP contribution in [0.4, 0.5) is 11.4 Å². The molecule has 0 spiro atoms. The number of hydrogen-bond donors (Lipinski definition) is 1. The Balaban J connectivity index is 2.13. The zero-order chi connectivity index (χ0) is 20.9. The third-order valence-corrected chi connectivity index (χ3v) is 5.83. The van der Waals surface area contributed by atoms with Crippen molar-refractivity contribution in [2.75, 3.05) is 22.9 Å². The molecule has 28 heavy (non-hydrogen) atoms. The molecule has 0 bridgehead atoms. The van der Waals surface area contributed by atoms with Gasteiger partial charge in [0.15, 0.2) is 6.10 Å². The highest BCUT2D eigenvalue weighted by Crippen LogP contribution is 2.24. The van der Waals surface area contributed by atoms with Crippen molar-refractivity contribution in [2.45, 2.75) is 39.7 Å². The fourth-order valence-electron chi connectivity index (χ4n) is 2.82. The van der Waals surface area contributed by atoms with Crippen LogP contribution in [0.5, 0.6) is 5.75 Å². The van der Waals surface area contributed by atoms with Crippen molar-refractivity contribution in [2.24, 2.45) is 0 Å². The molecule has 152 valence electrons. The van der Waals surface area contributed by atoms with Gasteiger partial charge in [-0.25, -0.2) is 8.42 Å². The van der Waals surface area contributed by atoms with Crippen LogP contribution < -0.4 is 14.4 Å². The maximum Gasteiger partial charge on any atom is 0.265 e. The van der Waals surface area contributed by atoms with Gasteiger partial charge in [0, 0.05) is 12.7 Å². The van der Waals surface area contributed by atoms with E-state index in [1.807, 2.05) is 39.0 Å². The number of benzene rings is 2. The minimum atomic E-state index is -3.33. The summed E-state index contributed by atoms with van der Waals surface area (Å²) in [6.45, 7) is 5.90. The van der Waals surface area contributed by atoms with Gasteiger partial charge in [0.2, 0.25) is 10.0 Å². The van der Waals surface area contributed by atoms with E-state index in [0.29, 0.717) is 17.9 Å². The highest BCUT2D eigenvalue weighted by molar-refractivity contribution is 7.92. The molecule has 0 fully saturated rings. The predicted octanol–water partition coefficient (Wildman–Crippen LogP) is 3.75. The maximum atomic E-state index is 12.8. The Kier molecular flexibility index (Phi) is 7.07. The summed E-state index contributed by atoms with van der Waals surface area (Å²) in [5.74, 6) is 0.303. The van der Waals surface area contributed by atoms with E-state index in [1.165, 1.54) is 11.4 Å². The second-order valence-corrected chi connectivity index (χ2v) is 8.70. The van der Waals surface area contributed by atoms with E-state index in [4.69, 9.17) is 4.74 Å². The van der Waals surface area contributed by atoms with Crippen LogP contribution in [0, 0.1) is 6.92 Å². The lowest BCUT2D eigenvalue weighted by molar-refractivity contribution is -0.122. The number of nitrogens with one attached hydrogen (secondary N) is 1. The molecule has 1 atom stereocenters. The lowest BCUT2D eigenvalue weighted by Crippen LogP contribution is -2.33. The maximum absolute atomic E-state index is 12.8. The molecular formula is C21H28N2O4S. The molecule has 0 saturated carbocycles. The van der Waals surface area contributed by atoms with Crippen molar-refractivity contribution in [3.8, 4) is 5.75 Å². The van der Waals surface area contributed by atoms with E-state index in [-0.39, 0.29) is 5.91 Å². The number of rotatable bonds is 8. The van der Waals surface area contributed by atoms with Crippen molar-refractivity contribution in [1.29, 1.82) is 0 Å². The van der Waals surface area contributed by atoms with Crippen LogP contribution >= 0.6 is 0 Å². The number of ether oxygens (including phenoxy) is 1. The molecule has 0 aliphatic heterocycles. The molecule has 1 amide bonds. The predicted molar refractivity (Wildman–Crippen MR) is 114 cm³/mol. The number of sulfonamides is 1. The molecular weight excluding hydrogens is 376 g/mol. The number of aryl methyl sites for hydroxylation is 2. The average molecular weight is 405 g/mol. The van der Waals surface area contributed by atoms with Gasteiger partial charge in [-0.3, -0.25) is 9.10 Å². The second kappa shape index (κ2) is 9.10. The number of anilines is 2. The van der Waals surface area contributed by atoms with E-state index in [2.05, 4.69) is 5.32 Å². The molecule has 0 heterocycles. The van der Waals surface area contributed by atoms with Gasteiger partial charge in [-0.1, -0.05) is 32.0 Å². The summed E-state index contributed by atoms with van der Waals surface area (Å²) in [6, 6.07) is 12.6. The Morgan fingerprint density at radius 3 is 2.32 bits per heavy atom. The quantitative estimate of drug-likeness (QED) is 0.727. The molecule has 0 aliphatic rings. The Labute approximate surface area is 167 Å². The molecule has 2 rings (SSSR count). The monoisotopic (exact) mass is 404 g/mol. The Bertz CT molecular complexity index is 924. The summed E-state index contributed by atoms with van der Waals surface area (Å²) in [5, 5.41) is 3.00. The number of nitrogens with zero attached hydrogens (tertiary/aromatic N) is 1. The van der Waals surface area contributed by atoms with Crippen molar-refractivity contribution in [3.63, 3.8) is 0 Å². The summed E-state index contributed by atoms with van der Waals surface area (Å²) in [4.78, 5) is 12.8. The highest BCUT2D eigenvalue weighted by atomic mass is 32.2. The van der Waals surface area contributed by atoms with Gasteiger partial charge in [-0.2, -0.15) is 0 Å². The first-order valence-electron chi connectivity index (χ1n) is 9.27. The molecule has 0 unspecified atom stereocenters. The first-order valence-corrected chi connectivity index (χ1v) is 11.1. The van der Waals surface area contributed by atoms with Gasteiger partial charge in [-0.15, -0.1) is 0 Å². The molecule has 6 nitrogen and oxygen atoms in total. The van der Waals surface area contributed by atoms with Gasteiger partial charge in [0.05, 0.1) is 11.9 Å². The molecule has 0 aliphatic carbocycles. The molecule has 2 aromatic rings. The van der Waals surface area contributed by atoms with Crippen LogP contribution in [0.15, 0.2) is 42.5 Å². The number of carbonyl (C=O) groups excluding carboxylic acids is 1. The second-order valence-electron chi connectivity index (χ2n) is 6.69. The Morgan fingerprint density at radius 1 is 1.14 bits per heavy atom. The van der Waals surface area contributed by atoms with Crippen LogP contribution in [0.1, 0.15) is 31.4 Å². The third-order valence-electron chi connectivity index (χ3n) is 4.63. The molecule has 0 saturated heterocycles. The topological polar surface area (TPSA) is 75.7 Å². The number of amides is 1. The standard InChI is InChI=1S/C21H28N2O4S/c1-6-16-10-8-9-15(3)20(16)22-21(24)19(7-2)27-18-13-11-17(12-14-18)23(4)28(5,25)26/h8-14,19H,6-7H2,1-5H3,(H,22,24)/t19-/m1/s1. The van der Waals surface area contributed by atoms with E-state index < -0.39 is 16.1 Å². The third kappa shape index (κ3) is 5.25. The molecule has 0 aromatic heterocycles. The first-order chi connectivity index (χ1) is 13.2. The minimum Gasteiger partial charge on any atom is -0.481 e. The molecule has 2 aromatic carbocycles. The number of hydrogen-bond acceptors (Lipinski definition) is 4. The first kappa shape index (κ1) is 21.8. The zero-order valence-corrected chi connectivity index (χ0v) is 17.8. The van der Waals surface area contributed by atoms with Gasteiger partial charge in [-0.05, 0) is 55.2 Å². The average Bonchev–Trinajstić information content (AvgIpc) is 2.66. The fraction of sp³-hybridized carbons (Fsp3) is 0.381. The summed E-state index contributed by atoms with van der Waals surface area (Å²) in [6.07, 6.45) is 1.82. The van der Waals surface area contributed by atoms with Crippen molar-refractivity contribution < 1.29 is 17.9 Å².